The highest BCUT2D eigenvalue weighted by Crippen LogP contribution is 2.05. The van der Waals surface area contributed by atoms with Gasteiger partial charge >= 0.3 is 0 Å². The lowest BCUT2D eigenvalue weighted by molar-refractivity contribution is -0.113. The van der Waals surface area contributed by atoms with Crippen molar-refractivity contribution in [3.05, 3.63) is 66.3 Å². The fourth-order valence-electron chi connectivity index (χ4n) is 1.30. The van der Waals surface area contributed by atoms with Crippen LogP contribution >= 0.6 is 0 Å². The summed E-state index contributed by atoms with van der Waals surface area (Å²) in [6, 6.07) is 10.0. The third-order valence-corrected chi connectivity index (χ3v) is 2.07. The first-order valence-electron chi connectivity index (χ1n) is 5.27. The van der Waals surface area contributed by atoms with Crippen LogP contribution in [0.15, 0.2) is 60.7 Å². The number of hydrogen-bond acceptors (Lipinski definition) is 1. The molecule has 0 saturated heterocycles. The summed E-state index contributed by atoms with van der Waals surface area (Å²) < 4.78 is 0. The van der Waals surface area contributed by atoms with E-state index < -0.39 is 0 Å². The molecule has 0 saturated carbocycles. The van der Waals surface area contributed by atoms with Crippen LogP contribution in [-0.2, 0) is 4.79 Å². The summed E-state index contributed by atoms with van der Waals surface area (Å²) in [7, 11) is 0. The van der Waals surface area contributed by atoms with E-state index in [-0.39, 0.29) is 5.78 Å². The van der Waals surface area contributed by atoms with E-state index in [1.165, 1.54) is 0 Å². The van der Waals surface area contributed by atoms with Gasteiger partial charge in [0.05, 0.1) is 0 Å². The first kappa shape index (κ1) is 12.2. The number of carbonyl (C=O) groups excluding carboxylic acids is 1. The van der Waals surface area contributed by atoms with Crippen molar-refractivity contribution in [2.24, 2.45) is 0 Å². The lowest BCUT2D eigenvalue weighted by Gasteiger charge is -1.93. The average Bonchev–Trinajstić information content (AvgIpc) is 2.28. The Balaban J connectivity index is 2.64. The predicted octanol–water partition coefficient (Wildman–Crippen LogP) is 3.79. The van der Waals surface area contributed by atoms with Gasteiger partial charge in [-0.3, -0.25) is 4.79 Å². The third kappa shape index (κ3) is 4.56. The minimum Gasteiger partial charge on any atom is -0.295 e. The highest BCUT2D eigenvalue weighted by atomic mass is 16.1. The van der Waals surface area contributed by atoms with E-state index in [9.17, 15) is 4.79 Å². The van der Waals surface area contributed by atoms with E-state index in [4.69, 9.17) is 0 Å². The normalized spacial score (nSPS) is 11.7. The van der Waals surface area contributed by atoms with Crippen molar-refractivity contribution in [3.8, 4) is 0 Å². The molecule has 1 aromatic carbocycles. The molecule has 1 rings (SSSR count). The van der Waals surface area contributed by atoms with Gasteiger partial charge in [-0.1, -0.05) is 48.6 Å². The van der Waals surface area contributed by atoms with Gasteiger partial charge in [-0.05, 0) is 24.1 Å². The van der Waals surface area contributed by atoms with E-state index in [2.05, 4.69) is 6.58 Å². The Kier molecular flexibility index (Phi) is 5.00. The molecule has 16 heavy (non-hydrogen) atoms. The molecular weight excluding hydrogens is 196 g/mol. The zero-order valence-corrected chi connectivity index (χ0v) is 9.52. The topological polar surface area (TPSA) is 17.1 Å². The summed E-state index contributed by atoms with van der Waals surface area (Å²) in [5, 5.41) is 0. The van der Waals surface area contributed by atoms with Crippen molar-refractivity contribution in [2.45, 2.75) is 13.3 Å². The highest BCUT2D eigenvalue weighted by Gasteiger charge is 1.93. The molecule has 0 radical (unpaired) electrons. The predicted molar refractivity (Wildman–Crippen MR) is 69.1 cm³/mol. The Labute approximate surface area is 96.8 Å². The van der Waals surface area contributed by atoms with Gasteiger partial charge in [-0.15, -0.1) is 6.58 Å². The van der Waals surface area contributed by atoms with Crippen LogP contribution in [0.4, 0.5) is 0 Å². The van der Waals surface area contributed by atoms with Crippen LogP contribution in [-0.4, -0.2) is 5.78 Å². The quantitative estimate of drug-likeness (QED) is 0.412. The van der Waals surface area contributed by atoms with Crippen LogP contribution in [0.1, 0.15) is 18.9 Å². The smallest absolute Gasteiger partial charge is 0.159 e. The Bertz CT molecular complexity index is 410. The maximum Gasteiger partial charge on any atom is 0.159 e. The number of hydrogen-bond donors (Lipinski definition) is 0. The van der Waals surface area contributed by atoms with Crippen molar-refractivity contribution in [1.29, 1.82) is 0 Å². The van der Waals surface area contributed by atoms with Crippen molar-refractivity contribution in [3.63, 3.8) is 0 Å². The molecule has 0 unspecified atom stereocenters. The Morgan fingerprint density at radius 3 is 2.62 bits per heavy atom. The monoisotopic (exact) mass is 212 g/mol. The number of benzene rings is 1. The highest BCUT2D eigenvalue weighted by molar-refractivity contribution is 5.91. The van der Waals surface area contributed by atoms with Gasteiger partial charge in [-0.2, -0.15) is 0 Å². The molecule has 0 amide bonds. The van der Waals surface area contributed by atoms with Crippen molar-refractivity contribution >= 4 is 11.9 Å². The molecule has 1 aromatic rings. The second-order valence-electron chi connectivity index (χ2n) is 3.59. The summed E-state index contributed by atoms with van der Waals surface area (Å²) in [6.07, 6.45) is 7.59. The molecule has 0 fully saturated rings. The summed E-state index contributed by atoms with van der Waals surface area (Å²) in [4.78, 5) is 11.3. The van der Waals surface area contributed by atoms with E-state index in [1.807, 2.05) is 49.4 Å². The van der Waals surface area contributed by atoms with Crippen molar-refractivity contribution in [1.82, 2.24) is 0 Å². The molecule has 0 spiro atoms. The van der Waals surface area contributed by atoms with Gasteiger partial charge in [0.2, 0.25) is 0 Å². The Morgan fingerprint density at radius 2 is 2.00 bits per heavy atom. The first-order valence-corrected chi connectivity index (χ1v) is 5.27. The van der Waals surface area contributed by atoms with E-state index in [0.29, 0.717) is 6.42 Å². The Morgan fingerprint density at radius 1 is 1.31 bits per heavy atom. The third-order valence-electron chi connectivity index (χ3n) is 2.07. The fraction of sp³-hybridized carbons (Fsp3) is 0.133. The van der Waals surface area contributed by atoms with Gasteiger partial charge in [-0.25, -0.2) is 0 Å². The maximum atomic E-state index is 11.3. The molecule has 0 heterocycles. The van der Waals surface area contributed by atoms with Crippen LogP contribution in [0.25, 0.3) is 6.08 Å². The van der Waals surface area contributed by atoms with Crippen LogP contribution in [0.3, 0.4) is 0 Å². The molecule has 0 N–H and O–H groups in total. The number of allylic oxidation sites excluding steroid dienone is 4. The second-order valence-corrected chi connectivity index (χ2v) is 3.59. The second kappa shape index (κ2) is 6.57. The van der Waals surface area contributed by atoms with E-state index >= 15 is 0 Å². The van der Waals surface area contributed by atoms with Crippen LogP contribution in [0, 0.1) is 0 Å². The lowest BCUT2D eigenvalue weighted by Crippen LogP contribution is -1.89. The molecule has 1 nitrogen and oxygen atoms in total. The summed E-state index contributed by atoms with van der Waals surface area (Å²) in [5.41, 5.74) is 2.09. The van der Waals surface area contributed by atoms with Crippen LogP contribution < -0.4 is 0 Å². The lowest BCUT2D eigenvalue weighted by atomic mass is 10.1. The maximum absolute atomic E-state index is 11.3. The minimum absolute atomic E-state index is 0.0882. The van der Waals surface area contributed by atoms with Gasteiger partial charge in [0.15, 0.2) is 5.78 Å². The van der Waals surface area contributed by atoms with Crippen LogP contribution in [0.2, 0.25) is 0 Å². The number of rotatable bonds is 5. The van der Waals surface area contributed by atoms with E-state index in [1.54, 1.807) is 12.2 Å². The molecule has 1 heteroatoms. The Hall–Kier alpha value is -1.89. The zero-order chi connectivity index (χ0) is 11.8. The largest absolute Gasteiger partial charge is 0.295 e. The molecule has 0 atom stereocenters. The molecular formula is C15H16O. The van der Waals surface area contributed by atoms with Crippen LogP contribution in [0.5, 0.6) is 0 Å². The van der Waals surface area contributed by atoms with Crippen molar-refractivity contribution in [2.75, 3.05) is 0 Å². The van der Waals surface area contributed by atoms with Gasteiger partial charge in [0.25, 0.3) is 0 Å². The summed E-state index contributed by atoms with van der Waals surface area (Å²) >= 11 is 0. The van der Waals surface area contributed by atoms with Gasteiger partial charge in [0, 0.05) is 6.42 Å². The molecule has 0 bridgehead atoms. The fourth-order valence-corrected chi connectivity index (χ4v) is 1.30. The molecule has 0 aliphatic carbocycles. The number of carbonyl (C=O) groups is 1. The number of ketones is 1. The summed E-state index contributed by atoms with van der Waals surface area (Å²) in [6.45, 7) is 5.45. The van der Waals surface area contributed by atoms with Gasteiger partial charge < -0.3 is 0 Å². The standard InChI is InChI=1S/C15H16O/c1-3-7-15(16)12-13(2)10-11-14-8-5-4-6-9-14/h3-6,8-12H,1,7H2,2H3/b11-10+,13-12+. The zero-order valence-electron chi connectivity index (χ0n) is 9.52. The molecule has 82 valence electrons. The average molecular weight is 212 g/mol. The van der Waals surface area contributed by atoms with E-state index in [0.717, 1.165) is 11.1 Å². The molecule has 0 aliphatic heterocycles. The summed E-state index contributed by atoms with van der Waals surface area (Å²) in [5.74, 6) is 0.0882. The minimum atomic E-state index is 0.0882. The SMILES string of the molecule is C=CCC(=O)/C=C(C)/C=C/c1ccccc1. The van der Waals surface area contributed by atoms with Gasteiger partial charge in [0.1, 0.15) is 0 Å². The molecule has 0 aliphatic rings. The first-order chi connectivity index (χ1) is 7.72. The van der Waals surface area contributed by atoms with Crippen molar-refractivity contribution < 1.29 is 4.79 Å². The molecule has 0 aromatic heterocycles.